The quantitative estimate of drug-likeness (QED) is 0.258. The summed E-state index contributed by atoms with van der Waals surface area (Å²) in [6.45, 7) is 0. The molecule has 0 aliphatic heterocycles. The molecule has 3 nitrogen and oxygen atoms in total. The lowest BCUT2D eigenvalue weighted by molar-refractivity contribution is 1.27. The predicted molar refractivity (Wildman–Crippen MR) is 153 cm³/mol. The van der Waals surface area contributed by atoms with Crippen LogP contribution >= 0.6 is 0 Å². The largest absolute Gasteiger partial charge is 0.305 e. The molecule has 0 fully saturated rings. The maximum Gasteiger partial charge on any atom is 0.0725 e. The van der Waals surface area contributed by atoms with Crippen molar-refractivity contribution in [2.24, 2.45) is 0 Å². The van der Waals surface area contributed by atoms with E-state index in [1.165, 1.54) is 60.4 Å². The van der Waals surface area contributed by atoms with Crippen molar-refractivity contribution in [2.45, 2.75) is 0 Å². The smallest absolute Gasteiger partial charge is 0.0725 e. The first-order valence-corrected chi connectivity index (χ1v) is 12.5. The average Bonchev–Trinajstić information content (AvgIpc) is 3.49. The second kappa shape index (κ2) is 7.74. The van der Waals surface area contributed by atoms with Crippen molar-refractivity contribution in [3.63, 3.8) is 0 Å². The molecule has 37 heavy (non-hydrogen) atoms. The minimum Gasteiger partial charge on any atom is -0.305 e. The van der Waals surface area contributed by atoms with Crippen LogP contribution < -0.4 is 0 Å². The van der Waals surface area contributed by atoms with E-state index in [1.54, 1.807) is 0 Å². The fourth-order valence-corrected chi connectivity index (χ4v) is 5.80. The number of aromatic nitrogens is 3. The van der Waals surface area contributed by atoms with Gasteiger partial charge in [-0.15, -0.1) is 0 Å². The topological polar surface area (TPSA) is 30.2 Å². The zero-order valence-corrected chi connectivity index (χ0v) is 20.0. The maximum atomic E-state index is 4.44. The van der Waals surface area contributed by atoms with Crippen molar-refractivity contribution in [1.82, 2.24) is 14.4 Å². The molecule has 0 bridgehead atoms. The number of rotatable bonds is 3. The fraction of sp³-hybridized carbons (Fsp3) is 0. The first-order valence-electron chi connectivity index (χ1n) is 12.5. The Morgan fingerprint density at radius 2 is 0.838 bits per heavy atom. The highest BCUT2D eigenvalue weighted by atomic mass is 14.9. The molecule has 0 amide bonds. The molecule has 172 valence electrons. The minimum atomic E-state index is 1.12. The van der Waals surface area contributed by atoms with Crippen LogP contribution in [0, 0.1) is 0 Å². The first-order chi connectivity index (χ1) is 18.3. The summed E-state index contributed by atoms with van der Waals surface area (Å²) in [5.74, 6) is 0. The third-order valence-corrected chi connectivity index (χ3v) is 7.48. The van der Waals surface area contributed by atoms with E-state index in [-0.39, 0.29) is 0 Å². The molecule has 8 rings (SSSR count). The molecule has 8 aromatic rings. The van der Waals surface area contributed by atoms with E-state index >= 15 is 0 Å². The van der Waals surface area contributed by atoms with Gasteiger partial charge in [0.1, 0.15) is 0 Å². The summed E-state index contributed by atoms with van der Waals surface area (Å²) in [5.41, 5.74) is 10.7. The van der Waals surface area contributed by atoms with Crippen LogP contribution in [0.3, 0.4) is 0 Å². The van der Waals surface area contributed by atoms with Gasteiger partial charge in [0, 0.05) is 33.9 Å². The summed E-state index contributed by atoms with van der Waals surface area (Å²) < 4.78 is 2.31. The molecule has 0 N–H and O–H groups in total. The summed E-state index contributed by atoms with van der Waals surface area (Å²) in [6, 6.07) is 37.1. The van der Waals surface area contributed by atoms with Gasteiger partial charge >= 0.3 is 0 Å². The first kappa shape index (κ1) is 20.2. The van der Waals surface area contributed by atoms with Crippen LogP contribution in [-0.2, 0) is 0 Å². The molecule has 0 saturated carbocycles. The van der Waals surface area contributed by atoms with Gasteiger partial charge in [0.15, 0.2) is 0 Å². The van der Waals surface area contributed by atoms with Crippen LogP contribution in [0.1, 0.15) is 0 Å². The number of fused-ring (bicyclic) bond motifs is 6. The van der Waals surface area contributed by atoms with Crippen LogP contribution in [0.25, 0.3) is 71.5 Å². The highest BCUT2D eigenvalue weighted by Gasteiger charge is 2.19. The Labute approximate surface area is 213 Å². The van der Waals surface area contributed by atoms with E-state index in [9.17, 15) is 0 Å². The van der Waals surface area contributed by atoms with Gasteiger partial charge in [0.05, 0.1) is 28.9 Å². The van der Waals surface area contributed by atoms with Crippen LogP contribution in [0.4, 0.5) is 0 Å². The van der Waals surface area contributed by atoms with Crippen LogP contribution in [0.15, 0.2) is 128 Å². The SMILES string of the molecule is c1ccc(-c2cc(-c3ccccc3)cc(-c3cc4c5ccncc5n5c6cnccc6c(c3)c45)c2)cc1. The molecule has 3 heteroatoms. The zero-order valence-electron chi connectivity index (χ0n) is 20.0. The Hall–Kier alpha value is -5.02. The Morgan fingerprint density at radius 3 is 1.32 bits per heavy atom. The molecule has 0 radical (unpaired) electrons. The molecule has 4 aromatic heterocycles. The minimum absolute atomic E-state index is 1.12. The van der Waals surface area contributed by atoms with Crippen LogP contribution in [0.2, 0.25) is 0 Å². The molecule has 0 aliphatic carbocycles. The number of hydrogen-bond acceptors (Lipinski definition) is 2. The molecule has 0 spiro atoms. The molecule has 0 atom stereocenters. The molecule has 4 heterocycles. The molecular formula is C34H21N3. The van der Waals surface area contributed by atoms with E-state index < -0.39 is 0 Å². The van der Waals surface area contributed by atoms with E-state index in [0.29, 0.717) is 0 Å². The van der Waals surface area contributed by atoms with E-state index in [0.717, 1.165) is 11.0 Å². The molecule has 0 saturated heterocycles. The standard InChI is InChI=1S/C34H21N3/c1-3-7-22(8-4-1)24-15-25(23-9-5-2-6-10-23)17-26(16-24)27-18-30-28-11-13-35-20-32(28)37-33-21-36-14-12-29(33)31(19-27)34(30)37/h1-21H. The lowest BCUT2D eigenvalue weighted by atomic mass is 9.92. The average molecular weight is 472 g/mol. The fourth-order valence-electron chi connectivity index (χ4n) is 5.80. The highest BCUT2D eigenvalue weighted by Crippen LogP contribution is 2.42. The summed E-state index contributed by atoms with van der Waals surface area (Å²) in [6.07, 6.45) is 7.69. The van der Waals surface area contributed by atoms with Crippen molar-refractivity contribution in [3.8, 4) is 33.4 Å². The normalized spacial score (nSPS) is 11.8. The Balaban J connectivity index is 1.47. The second-order valence-electron chi connectivity index (χ2n) is 9.57. The van der Waals surface area contributed by atoms with Crippen LogP contribution in [0.5, 0.6) is 0 Å². The summed E-state index contributed by atoms with van der Waals surface area (Å²) >= 11 is 0. The zero-order chi connectivity index (χ0) is 24.3. The van der Waals surface area contributed by atoms with Crippen molar-refractivity contribution >= 4 is 38.1 Å². The van der Waals surface area contributed by atoms with Crippen LogP contribution in [-0.4, -0.2) is 14.4 Å². The van der Waals surface area contributed by atoms with Gasteiger partial charge in [-0.3, -0.25) is 9.97 Å². The van der Waals surface area contributed by atoms with Gasteiger partial charge < -0.3 is 4.40 Å². The number of benzene rings is 4. The number of pyridine rings is 2. The molecule has 0 unspecified atom stereocenters. The predicted octanol–water partition coefficient (Wildman–Crippen LogP) is 8.63. The Morgan fingerprint density at radius 1 is 0.405 bits per heavy atom. The monoisotopic (exact) mass is 471 g/mol. The lowest BCUT2D eigenvalue weighted by Crippen LogP contribution is -1.86. The van der Waals surface area contributed by atoms with E-state index in [2.05, 4.69) is 117 Å². The third-order valence-electron chi connectivity index (χ3n) is 7.48. The van der Waals surface area contributed by atoms with E-state index in [4.69, 9.17) is 0 Å². The highest BCUT2D eigenvalue weighted by molar-refractivity contribution is 6.24. The summed E-state index contributed by atoms with van der Waals surface area (Å²) in [5, 5.41) is 4.91. The van der Waals surface area contributed by atoms with Gasteiger partial charge in [-0.1, -0.05) is 60.7 Å². The van der Waals surface area contributed by atoms with Gasteiger partial charge in [-0.05, 0) is 75.8 Å². The van der Waals surface area contributed by atoms with Gasteiger partial charge in [-0.2, -0.15) is 0 Å². The number of nitrogens with zero attached hydrogens (tertiary/aromatic N) is 3. The lowest BCUT2D eigenvalue weighted by Gasteiger charge is -2.12. The molecule has 0 aliphatic rings. The summed E-state index contributed by atoms with van der Waals surface area (Å²) in [7, 11) is 0. The molecular weight excluding hydrogens is 450 g/mol. The van der Waals surface area contributed by atoms with Gasteiger partial charge in [0.2, 0.25) is 0 Å². The van der Waals surface area contributed by atoms with E-state index in [1.807, 2.05) is 24.8 Å². The third kappa shape index (κ3) is 3.01. The van der Waals surface area contributed by atoms with Crippen molar-refractivity contribution < 1.29 is 0 Å². The van der Waals surface area contributed by atoms with Gasteiger partial charge in [0.25, 0.3) is 0 Å². The Bertz CT molecular complexity index is 1930. The second-order valence-corrected chi connectivity index (χ2v) is 9.57. The summed E-state index contributed by atoms with van der Waals surface area (Å²) in [4.78, 5) is 8.89. The van der Waals surface area contributed by atoms with Crippen molar-refractivity contribution in [2.75, 3.05) is 0 Å². The van der Waals surface area contributed by atoms with Crippen molar-refractivity contribution in [1.29, 1.82) is 0 Å². The van der Waals surface area contributed by atoms with Crippen molar-refractivity contribution in [3.05, 3.63) is 128 Å². The maximum absolute atomic E-state index is 4.44. The van der Waals surface area contributed by atoms with Gasteiger partial charge in [-0.25, -0.2) is 0 Å². The molecule has 4 aromatic carbocycles. The Kier molecular flexibility index (Phi) is 4.23. The number of hydrogen-bond donors (Lipinski definition) is 0.